The van der Waals surface area contributed by atoms with E-state index in [0.717, 1.165) is 19.4 Å². The Kier molecular flexibility index (Phi) is 5.18. The van der Waals surface area contributed by atoms with Crippen LogP contribution in [0.15, 0.2) is 0 Å². The third-order valence-corrected chi connectivity index (χ3v) is 3.10. The summed E-state index contributed by atoms with van der Waals surface area (Å²) in [5.74, 6) is -0.00471. The Morgan fingerprint density at radius 2 is 2.38 bits per heavy atom. The summed E-state index contributed by atoms with van der Waals surface area (Å²) < 4.78 is 10.2. The highest BCUT2D eigenvalue weighted by atomic mass is 16.5. The highest BCUT2D eigenvalue weighted by Crippen LogP contribution is 2.26. The number of ether oxygens (including phenoxy) is 2. The van der Waals surface area contributed by atoms with Gasteiger partial charge in [0.1, 0.15) is 0 Å². The second-order valence-corrected chi connectivity index (χ2v) is 4.49. The molecule has 0 aromatic heterocycles. The standard InChI is InChI=1S/C11H22N2O3/c1-11(8-16-7-9(11)12)10(14)13-5-3-4-6-15-2/h9H,3-8,12H2,1-2H3,(H,13,14). The van der Waals surface area contributed by atoms with Crippen LogP contribution in [0.3, 0.4) is 0 Å². The van der Waals surface area contributed by atoms with E-state index < -0.39 is 5.41 Å². The number of hydrogen-bond donors (Lipinski definition) is 2. The molecule has 94 valence electrons. The van der Waals surface area contributed by atoms with Crippen LogP contribution in [0.25, 0.3) is 0 Å². The van der Waals surface area contributed by atoms with Crippen LogP contribution in [0, 0.1) is 5.41 Å². The van der Waals surface area contributed by atoms with E-state index in [9.17, 15) is 4.79 Å². The van der Waals surface area contributed by atoms with Gasteiger partial charge in [-0.2, -0.15) is 0 Å². The largest absolute Gasteiger partial charge is 0.385 e. The van der Waals surface area contributed by atoms with E-state index in [1.165, 1.54) is 0 Å². The fourth-order valence-corrected chi connectivity index (χ4v) is 1.70. The maximum absolute atomic E-state index is 11.9. The Morgan fingerprint density at radius 1 is 1.62 bits per heavy atom. The Morgan fingerprint density at radius 3 is 2.94 bits per heavy atom. The van der Waals surface area contributed by atoms with Crippen LogP contribution in [-0.4, -0.2) is 45.4 Å². The van der Waals surface area contributed by atoms with Gasteiger partial charge in [-0.1, -0.05) is 0 Å². The number of carbonyl (C=O) groups is 1. The number of methoxy groups -OCH3 is 1. The summed E-state index contributed by atoms with van der Waals surface area (Å²) in [5.41, 5.74) is 5.29. The van der Waals surface area contributed by atoms with E-state index >= 15 is 0 Å². The zero-order valence-electron chi connectivity index (χ0n) is 10.1. The van der Waals surface area contributed by atoms with Gasteiger partial charge in [-0.3, -0.25) is 4.79 Å². The molecule has 1 heterocycles. The van der Waals surface area contributed by atoms with Crippen molar-refractivity contribution in [3.8, 4) is 0 Å². The van der Waals surface area contributed by atoms with Crippen molar-refractivity contribution in [2.24, 2.45) is 11.1 Å². The van der Waals surface area contributed by atoms with Crippen LogP contribution in [0.1, 0.15) is 19.8 Å². The van der Waals surface area contributed by atoms with Crippen LogP contribution in [0.4, 0.5) is 0 Å². The second kappa shape index (κ2) is 6.18. The third kappa shape index (κ3) is 3.17. The van der Waals surface area contributed by atoms with Gasteiger partial charge in [0, 0.05) is 26.3 Å². The molecule has 0 radical (unpaired) electrons. The van der Waals surface area contributed by atoms with Crippen molar-refractivity contribution >= 4 is 5.91 Å². The molecule has 16 heavy (non-hydrogen) atoms. The van der Waals surface area contributed by atoms with Gasteiger partial charge in [0.05, 0.1) is 18.6 Å². The maximum atomic E-state index is 11.9. The zero-order chi connectivity index (χ0) is 12.0. The number of nitrogens with one attached hydrogen (secondary N) is 1. The van der Waals surface area contributed by atoms with Crippen molar-refractivity contribution in [3.63, 3.8) is 0 Å². The number of carbonyl (C=O) groups excluding carboxylic acids is 1. The average molecular weight is 230 g/mol. The number of hydrogen-bond acceptors (Lipinski definition) is 4. The molecule has 2 unspecified atom stereocenters. The van der Waals surface area contributed by atoms with E-state index in [0.29, 0.717) is 19.8 Å². The molecule has 2 atom stereocenters. The molecule has 0 aliphatic carbocycles. The highest BCUT2D eigenvalue weighted by Gasteiger charge is 2.43. The summed E-state index contributed by atoms with van der Waals surface area (Å²) in [5, 5.41) is 2.90. The molecule has 0 aromatic carbocycles. The first kappa shape index (κ1) is 13.4. The van der Waals surface area contributed by atoms with Gasteiger partial charge < -0.3 is 20.5 Å². The second-order valence-electron chi connectivity index (χ2n) is 4.49. The summed E-state index contributed by atoms with van der Waals surface area (Å²) in [6.45, 7) is 4.14. The predicted octanol–water partition coefficient (Wildman–Crippen LogP) is -0.107. The first-order chi connectivity index (χ1) is 7.61. The van der Waals surface area contributed by atoms with Crippen molar-refractivity contribution in [2.75, 3.05) is 33.5 Å². The lowest BCUT2D eigenvalue weighted by atomic mass is 9.85. The van der Waals surface area contributed by atoms with Crippen LogP contribution < -0.4 is 11.1 Å². The van der Waals surface area contributed by atoms with Crippen molar-refractivity contribution in [1.29, 1.82) is 0 Å². The summed E-state index contributed by atoms with van der Waals surface area (Å²) in [6.07, 6.45) is 1.88. The fourth-order valence-electron chi connectivity index (χ4n) is 1.70. The van der Waals surface area contributed by atoms with E-state index in [1.807, 2.05) is 6.92 Å². The lowest BCUT2D eigenvalue weighted by Crippen LogP contribution is -2.50. The minimum atomic E-state index is -0.568. The molecule has 3 N–H and O–H groups in total. The summed E-state index contributed by atoms with van der Waals surface area (Å²) in [4.78, 5) is 11.9. The lowest BCUT2D eigenvalue weighted by Gasteiger charge is -2.25. The quantitative estimate of drug-likeness (QED) is 0.625. The minimum Gasteiger partial charge on any atom is -0.385 e. The zero-order valence-corrected chi connectivity index (χ0v) is 10.1. The van der Waals surface area contributed by atoms with Crippen molar-refractivity contribution in [1.82, 2.24) is 5.32 Å². The Bertz CT molecular complexity index is 235. The van der Waals surface area contributed by atoms with Crippen molar-refractivity contribution < 1.29 is 14.3 Å². The molecule has 1 fully saturated rings. The molecule has 0 bridgehead atoms. The first-order valence-corrected chi connectivity index (χ1v) is 5.72. The molecule has 5 nitrogen and oxygen atoms in total. The minimum absolute atomic E-state index is 0.00471. The molecule has 1 aliphatic heterocycles. The molecule has 0 saturated carbocycles. The number of unbranched alkanes of at least 4 members (excludes halogenated alkanes) is 1. The van der Waals surface area contributed by atoms with Gasteiger partial charge in [-0.05, 0) is 19.8 Å². The van der Waals surface area contributed by atoms with E-state index in [4.69, 9.17) is 15.2 Å². The lowest BCUT2D eigenvalue weighted by molar-refractivity contribution is -0.130. The molecule has 1 amide bonds. The molecular weight excluding hydrogens is 208 g/mol. The summed E-state index contributed by atoms with van der Waals surface area (Å²) >= 11 is 0. The van der Waals surface area contributed by atoms with Crippen LogP contribution in [-0.2, 0) is 14.3 Å². The molecule has 0 aromatic rings. The number of nitrogens with two attached hydrogens (primary N) is 1. The van der Waals surface area contributed by atoms with Crippen molar-refractivity contribution in [2.45, 2.75) is 25.8 Å². The Hall–Kier alpha value is -0.650. The number of amides is 1. The number of rotatable bonds is 6. The predicted molar refractivity (Wildman–Crippen MR) is 61.0 cm³/mol. The highest BCUT2D eigenvalue weighted by molar-refractivity contribution is 5.83. The normalized spacial score (nSPS) is 29.3. The summed E-state index contributed by atoms with van der Waals surface area (Å²) in [7, 11) is 1.68. The topological polar surface area (TPSA) is 73.6 Å². The maximum Gasteiger partial charge on any atom is 0.229 e. The summed E-state index contributed by atoms with van der Waals surface area (Å²) in [6, 6.07) is -0.202. The molecule has 1 aliphatic rings. The van der Waals surface area contributed by atoms with Gasteiger partial charge in [-0.15, -0.1) is 0 Å². The van der Waals surface area contributed by atoms with Gasteiger partial charge in [-0.25, -0.2) is 0 Å². The van der Waals surface area contributed by atoms with Crippen LogP contribution in [0.5, 0.6) is 0 Å². The molecule has 0 spiro atoms. The Balaban J connectivity index is 2.24. The van der Waals surface area contributed by atoms with Gasteiger partial charge in [0.15, 0.2) is 0 Å². The van der Waals surface area contributed by atoms with E-state index in [-0.39, 0.29) is 11.9 Å². The van der Waals surface area contributed by atoms with E-state index in [1.54, 1.807) is 7.11 Å². The fraction of sp³-hybridized carbons (Fsp3) is 0.909. The molecule has 5 heteroatoms. The SMILES string of the molecule is COCCCCNC(=O)C1(C)COCC1N. The third-order valence-electron chi connectivity index (χ3n) is 3.10. The first-order valence-electron chi connectivity index (χ1n) is 5.72. The van der Waals surface area contributed by atoms with Gasteiger partial charge in [0.25, 0.3) is 0 Å². The average Bonchev–Trinajstić information content (AvgIpc) is 2.60. The van der Waals surface area contributed by atoms with Gasteiger partial charge >= 0.3 is 0 Å². The Labute approximate surface area is 96.7 Å². The molecular formula is C11H22N2O3. The monoisotopic (exact) mass is 230 g/mol. The molecule has 1 saturated heterocycles. The molecule has 1 rings (SSSR count). The smallest absolute Gasteiger partial charge is 0.229 e. The van der Waals surface area contributed by atoms with Gasteiger partial charge in [0.2, 0.25) is 5.91 Å². The van der Waals surface area contributed by atoms with E-state index in [2.05, 4.69) is 5.32 Å². The van der Waals surface area contributed by atoms with Crippen LogP contribution >= 0.6 is 0 Å². The van der Waals surface area contributed by atoms with Crippen LogP contribution in [0.2, 0.25) is 0 Å². The van der Waals surface area contributed by atoms with Crippen molar-refractivity contribution in [3.05, 3.63) is 0 Å².